The Kier molecular flexibility index (Phi) is 4.32. The van der Waals surface area contributed by atoms with E-state index in [1.165, 1.54) is 6.07 Å². The highest BCUT2D eigenvalue weighted by atomic mass is 19.4. The molecule has 2 atom stereocenters. The molecule has 126 valence electrons. The second-order valence-electron chi connectivity index (χ2n) is 6.00. The van der Waals surface area contributed by atoms with Crippen LogP contribution in [0.5, 0.6) is 0 Å². The van der Waals surface area contributed by atoms with Gasteiger partial charge in [-0.3, -0.25) is 4.79 Å². The van der Waals surface area contributed by atoms with Gasteiger partial charge in [0.25, 0.3) is 0 Å². The first-order valence-electron chi connectivity index (χ1n) is 7.64. The van der Waals surface area contributed by atoms with E-state index in [2.05, 4.69) is 5.32 Å². The molecule has 0 aromatic heterocycles. The van der Waals surface area contributed by atoms with Crippen LogP contribution in [0.3, 0.4) is 0 Å². The molecule has 1 fully saturated rings. The average molecular weight is 334 g/mol. The number of halogens is 3. The number of hydrogen-bond donors (Lipinski definition) is 2. The van der Waals surface area contributed by atoms with Gasteiger partial charge in [-0.1, -0.05) is 36.4 Å². The molecular weight excluding hydrogens is 317 g/mol. The number of carbonyl (C=O) groups is 1. The SMILES string of the molecule is NC(=O)CN[C@H]1CC1c1ccc(-c2cccc(C(F)(F)F)c2)cc1. The van der Waals surface area contributed by atoms with Gasteiger partial charge < -0.3 is 11.1 Å². The molecule has 0 heterocycles. The Hall–Kier alpha value is -2.34. The molecule has 3 nitrogen and oxygen atoms in total. The van der Waals surface area contributed by atoms with E-state index in [0.29, 0.717) is 11.5 Å². The molecule has 1 saturated carbocycles. The van der Waals surface area contributed by atoms with Gasteiger partial charge >= 0.3 is 6.18 Å². The molecule has 24 heavy (non-hydrogen) atoms. The van der Waals surface area contributed by atoms with Gasteiger partial charge in [0.2, 0.25) is 5.91 Å². The van der Waals surface area contributed by atoms with Gasteiger partial charge in [-0.2, -0.15) is 13.2 Å². The number of benzene rings is 2. The fourth-order valence-electron chi connectivity index (χ4n) is 2.82. The summed E-state index contributed by atoms with van der Waals surface area (Å²) < 4.78 is 38.4. The molecule has 3 N–H and O–H groups in total. The van der Waals surface area contributed by atoms with E-state index >= 15 is 0 Å². The molecule has 0 saturated heterocycles. The maximum Gasteiger partial charge on any atom is 0.416 e. The highest BCUT2D eigenvalue weighted by molar-refractivity contribution is 5.76. The normalized spacial score (nSPS) is 20.0. The predicted molar refractivity (Wildman–Crippen MR) is 85.2 cm³/mol. The van der Waals surface area contributed by atoms with Gasteiger partial charge in [0.15, 0.2) is 0 Å². The largest absolute Gasteiger partial charge is 0.416 e. The highest BCUT2D eigenvalue weighted by Gasteiger charge is 2.38. The zero-order valence-electron chi connectivity index (χ0n) is 12.8. The standard InChI is InChI=1S/C18H17F3N2O/c19-18(20,21)14-3-1-2-13(8-14)11-4-6-12(7-5-11)15-9-16(15)23-10-17(22)24/h1-8,15-16,23H,9-10H2,(H2,22,24)/t15?,16-/m0/s1. The Morgan fingerprint density at radius 2 is 1.83 bits per heavy atom. The fraction of sp³-hybridized carbons (Fsp3) is 0.278. The van der Waals surface area contributed by atoms with Crippen molar-refractivity contribution >= 4 is 5.91 Å². The Bertz CT molecular complexity index is 741. The summed E-state index contributed by atoms with van der Waals surface area (Å²) in [5.74, 6) is -0.0690. The molecule has 1 amide bonds. The lowest BCUT2D eigenvalue weighted by molar-refractivity contribution is -0.137. The first kappa shape index (κ1) is 16.5. The van der Waals surface area contributed by atoms with Gasteiger partial charge in [-0.25, -0.2) is 0 Å². The third-order valence-electron chi connectivity index (χ3n) is 4.19. The van der Waals surface area contributed by atoms with Gasteiger partial charge in [0.1, 0.15) is 0 Å². The fourth-order valence-corrected chi connectivity index (χ4v) is 2.82. The van der Waals surface area contributed by atoms with Gasteiger partial charge in [0.05, 0.1) is 12.1 Å². The summed E-state index contributed by atoms with van der Waals surface area (Å²) in [5, 5.41) is 3.08. The minimum Gasteiger partial charge on any atom is -0.369 e. The van der Waals surface area contributed by atoms with Crippen molar-refractivity contribution in [1.82, 2.24) is 5.32 Å². The van der Waals surface area contributed by atoms with Crippen molar-refractivity contribution in [2.75, 3.05) is 6.54 Å². The number of amides is 1. The van der Waals surface area contributed by atoms with Crippen LogP contribution in [0.15, 0.2) is 48.5 Å². The molecule has 0 aliphatic heterocycles. The number of rotatable bonds is 5. The predicted octanol–water partition coefficient (Wildman–Crippen LogP) is 3.30. The summed E-state index contributed by atoms with van der Waals surface area (Å²) >= 11 is 0. The van der Waals surface area contributed by atoms with E-state index in [9.17, 15) is 18.0 Å². The third-order valence-corrected chi connectivity index (χ3v) is 4.19. The van der Waals surface area contributed by atoms with Crippen LogP contribution in [-0.4, -0.2) is 18.5 Å². The third kappa shape index (κ3) is 3.76. The average Bonchev–Trinajstić information content (AvgIpc) is 3.32. The van der Waals surface area contributed by atoms with E-state index in [1.807, 2.05) is 24.3 Å². The lowest BCUT2D eigenvalue weighted by Gasteiger charge is -2.09. The van der Waals surface area contributed by atoms with E-state index in [4.69, 9.17) is 5.73 Å². The Labute approximate surface area is 137 Å². The van der Waals surface area contributed by atoms with Crippen molar-refractivity contribution in [3.05, 3.63) is 59.7 Å². The molecule has 6 heteroatoms. The molecular formula is C18H17F3N2O. The molecule has 2 aromatic rings. The minimum absolute atomic E-state index is 0.156. The van der Waals surface area contributed by atoms with Crippen LogP contribution in [0.4, 0.5) is 13.2 Å². The van der Waals surface area contributed by atoms with E-state index in [1.54, 1.807) is 6.07 Å². The number of nitrogens with two attached hydrogens (primary N) is 1. The van der Waals surface area contributed by atoms with Crippen LogP contribution in [-0.2, 0) is 11.0 Å². The summed E-state index contributed by atoms with van der Waals surface area (Å²) in [4.78, 5) is 10.8. The van der Waals surface area contributed by atoms with Crippen LogP contribution < -0.4 is 11.1 Å². The molecule has 2 aromatic carbocycles. The topological polar surface area (TPSA) is 55.1 Å². The van der Waals surface area contributed by atoms with Crippen LogP contribution in [0.2, 0.25) is 0 Å². The van der Waals surface area contributed by atoms with Crippen molar-refractivity contribution in [2.45, 2.75) is 24.6 Å². The maximum absolute atomic E-state index is 12.8. The molecule has 0 bridgehead atoms. The molecule has 1 aliphatic rings. The Morgan fingerprint density at radius 3 is 2.46 bits per heavy atom. The highest BCUT2D eigenvalue weighted by Crippen LogP contribution is 2.41. The minimum atomic E-state index is -4.34. The summed E-state index contributed by atoms with van der Waals surface area (Å²) in [6.07, 6.45) is -3.42. The molecule has 1 unspecified atom stereocenters. The van der Waals surface area contributed by atoms with Crippen LogP contribution >= 0.6 is 0 Å². The second kappa shape index (κ2) is 6.28. The van der Waals surface area contributed by atoms with E-state index in [0.717, 1.165) is 29.7 Å². The van der Waals surface area contributed by atoms with Crippen molar-refractivity contribution in [1.29, 1.82) is 0 Å². The van der Waals surface area contributed by atoms with Crippen LogP contribution in [0, 0.1) is 0 Å². The summed E-state index contributed by atoms with van der Waals surface area (Å²) in [6, 6.07) is 13.0. The first-order chi connectivity index (χ1) is 11.3. The number of primary amides is 1. The van der Waals surface area contributed by atoms with Crippen molar-refractivity contribution < 1.29 is 18.0 Å². The van der Waals surface area contributed by atoms with Gasteiger partial charge in [-0.15, -0.1) is 0 Å². The molecule has 0 spiro atoms. The van der Waals surface area contributed by atoms with Crippen LogP contribution in [0.1, 0.15) is 23.5 Å². The number of carbonyl (C=O) groups excluding carboxylic acids is 1. The number of alkyl halides is 3. The van der Waals surface area contributed by atoms with Gasteiger partial charge in [0, 0.05) is 12.0 Å². The van der Waals surface area contributed by atoms with Crippen molar-refractivity contribution in [2.24, 2.45) is 5.73 Å². The Morgan fingerprint density at radius 1 is 1.12 bits per heavy atom. The van der Waals surface area contributed by atoms with Crippen molar-refractivity contribution in [3.63, 3.8) is 0 Å². The van der Waals surface area contributed by atoms with Crippen molar-refractivity contribution in [3.8, 4) is 11.1 Å². The zero-order chi connectivity index (χ0) is 17.3. The molecule has 0 radical (unpaired) electrons. The van der Waals surface area contributed by atoms with E-state index in [-0.39, 0.29) is 18.5 Å². The summed E-state index contributed by atoms with van der Waals surface area (Å²) in [6.45, 7) is 0.156. The number of nitrogens with one attached hydrogen (secondary N) is 1. The monoisotopic (exact) mass is 334 g/mol. The summed E-state index contributed by atoms with van der Waals surface area (Å²) in [5.41, 5.74) is 6.83. The smallest absolute Gasteiger partial charge is 0.369 e. The lowest BCUT2D eigenvalue weighted by Crippen LogP contribution is -2.30. The molecule has 1 aliphatic carbocycles. The van der Waals surface area contributed by atoms with Gasteiger partial charge in [-0.05, 0) is 35.2 Å². The molecule has 3 rings (SSSR count). The first-order valence-corrected chi connectivity index (χ1v) is 7.64. The summed E-state index contributed by atoms with van der Waals surface area (Å²) in [7, 11) is 0. The second-order valence-corrected chi connectivity index (χ2v) is 6.00. The van der Waals surface area contributed by atoms with Crippen LogP contribution in [0.25, 0.3) is 11.1 Å². The van der Waals surface area contributed by atoms with E-state index < -0.39 is 11.7 Å². The quantitative estimate of drug-likeness (QED) is 0.881. The lowest BCUT2D eigenvalue weighted by atomic mass is 10.0. The zero-order valence-corrected chi connectivity index (χ0v) is 12.8. The Balaban J connectivity index is 1.71. The number of hydrogen-bond acceptors (Lipinski definition) is 2. The maximum atomic E-state index is 12.8.